The van der Waals surface area contributed by atoms with Gasteiger partial charge in [-0.2, -0.15) is 0 Å². The van der Waals surface area contributed by atoms with Gasteiger partial charge in [0.15, 0.2) is 0 Å². The Hall–Kier alpha value is -0.860. The first kappa shape index (κ1) is 13.1. The summed E-state index contributed by atoms with van der Waals surface area (Å²) in [7, 11) is 0. The first-order valence-electron chi connectivity index (χ1n) is 7.94. The summed E-state index contributed by atoms with van der Waals surface area (Å²) in [5.74, 6) is 0.890. The molecule has 2 N–H and O–H groups in total. The minimum absolute atomic E-state index is 0.890. The van der Waals surface area contributed by atoms with E-state index < -0.39 is 0 Å². The molecule has 19 heavy (non-hydrogen) atoms. The van der Waals surface area contributed by atoms with Gasteiger partial charge < -0.3 is 10.6 Å². The second-order valence-electron chi connectivity index (χ2n) is 6.10. The molecule has 2 heteroatoms. The van der Waals surface area contributed by atoms with Crippen molar-refractivity contribution in [2.45, 2.75) is 38.5 Å². The molecule has 2 nitrogen and oxygen atoms in total. The highest BCUT2D eigenvalue weighted by Crippen LogP contribution is 2.22. The molecule has 1 fully saturated rings. The van der Waals surface area contributed by atoms with E-state index in [1.807, 2.05) is 0 Å². The lowest BCUT2D eigenvalue weighted by Crippen LogP contribution is -2.34. The Morgan fingerprint density at radius 2 is 1.95 bits per heavy atom. The largest absolute Gasteiger partial charge is 0.317 e. The second-order valence-corrected chi connectivity index (χ2v) is 6.10. The van der Waals surface area contributed by atoms with E-state index in [4.69, 9.17) is 0 Å². The van der Waals surface area contributed by atoms with Crippen molar-refractivity contribution in [1.29, 1.82) is 0 Å². The zero-order valence-electron chi connectivity index (χ0n) is 11.9. The Morgan fingerprint density at radius 1 is 1.11 bits per heavy atom. The smallest absolute Gasteiger partial charge is 0.000823 e. The fraction of sp³-hybridized carbons (Fsp3) is 0.647. The molecule has 104 valence electrons. The van der Waals surface area contributed by atoms with Crippen LogP contribution in [0.5, 0.6) is 0 Å². The SMILES string of the molecule is c1cc2c(cc1CCNCC1CCNCC1)CCC2. The molecule has 0 bridgehead atoms. The summed E-state index contributed by atoms with van der Waals surface area (Å²) in [5.41, 5.74) is 4.71. The molecule has 1 aliphatic carbocycles. The average Bonchev–Trinajstić information content (AvgIpc) is 2.92. The van der Waals surface area contributed by atoms with Gasteiger partial charge >= 0.3 is 0 Å². The molecule has 1 aromatic carbocycles. The summed E-state index contributed by atoms with van der Waals surface area (Å²) >= 11 is 0. The standard InChI is InChI=1S/C17H26N2/c1-2-16-5-4-14(12-17(16)3-1)6-11-19-13-15-7-9-18-10-8-15/h4-5,12,15,18-19H,1-3,6-11,13H2. The van der Waals surface area contributed by atoms with Crippen LogP contribution in [0.2, 0.25) is 0 Å². The topological polar surface area (TPSA) is 24.1 Å². The summed E-state index contributed by atoms with van der Waals surface area (Å²) in [5, 5.41) is 7.07. The fourth-order valence-corrected chi connectivity index (χ4v) is 3.41. The maximum atomic E-state index is 3.64. The minimum atomic E-state index is 0.890. The lowest BCUT2D eigenvalue weighted by atomic mass is 9.98. The maximum Gasteiger partial charge on any atom is -0.000823 e. The molecule has 1 aromatic rings. The number of piperidine rings is 1. The molecule has 0 saturated carbocycles. The predicted molar refractivity (Wildman–Crippen MR) is 80.6 cm³/mol. The zero-order valence-corrected chi connectivity index (χ0v) is 11.9. The van der Waals surface area contributed by atoms with Crippen LogP contribution in [-0.2, 0) is 19.3 Å². The van der Waals surface area contributed by atoms with Crippen molar-refractivity contribution in [3.8, 4) is 0 Å². The van der Waals surface area contributed by atoms with E-state index >= 15 is 0 Å². The highest BCUT2D eigenvalue weighted by atomic mass is 14.9. The van der Waals surface area contributed by atoms with Gasteiger partial charge in [-0.3, -0.25) is 0 Å². The van der Waals surface area contributed by atoms with E-state index in [-0.39, 0.29) is 0 Å². The highest BCUT2D eigenvalue weighted by Gasteiger charge is 2.12. The zero-order chi connectivity index (χ0) is 12.9. The summed E-state index contributed by atoms with van der Waals surface area (Å²) in [4.78, 5) is 0. The lowest BCUT2D eigenvalue weighted by molar-refractivity contribution is 0.358. The lowest BCUT2D eigenvalue weighted by Gasteiger charge is -2.22. The number of hydrogen-bond acceptors (Lipinski definition) is 2. The van der Waals surface area contributed by atoms with Gasteiger partial charge in [-0.15, -0.1) is 0 Å². The molecule has 2 aliphatic rings. The molecule has 1 aliphatic heterocycles. The Kier molecular flexibility index (Phi) is 4.52. The summed E-state index contributed by atoms with van der Waals surface area (Å²) in [6.07, 6.45) is 7.80. The molecule has 0 unspecified atom stereocenters. The predicted octanol–water partition coefficient (Wildman–Crippen LogP) is 2.31. The van der Waals surface area contributed by atoms with Crippen LogP contribution in [0.1, 0.15) is 36.0 Å². The molecule has 0 aromatic heterocycles. The molecule has 3 rings (SSSR count). The van der Waals surface area contributed by atoms with E-state index in [0.717, 1.165) is 12.5 Å². The van der Waals surface area contributed by atoms with Crippen molar-refractivity contribution in [1.82, 2.24) is 10.6 Å². The normalized spacial score (nSPS) is 19.6. The van der Waals surface area contributed by atoms with Gasteiger partial charge in [-0.25, -0.2) is 0 Å². The van der Waals surface area contributed by atoms with Crippen molar-refractivity contribution >= 4 is 0 Å². The first-order valence-corrected chi connectivity index (χ1v) is 7.94. The van der Waals surface area contributed by atoms with Crippen molar-refractivity contribution in [2.75, 3.05) is 26.2 Å². The molecular formula is C17H26N2. The van der Waals surface area contributed by atoms with Gasteiger partial charge in [-0.05, 0) is 87.3 Å². The van der Waals surface area contributed by atoms with Gasteiger partial charge in [0.05, 0.1) is 0 Å². The molecule has 0 amide bonds. The van der Waals surface area contributed by atoms with Crippen LogP contribution in [0.3, 0.4) is 0 Å². The molecule has 1 heterocycles. The average molecular weight is 258 g/mol. The fourth-order valence-electron chi connectivity index (χ4n) is 3.41. The second kappa shape index (κ2) is 6.53. The van der Waals surface area contributed by atoms with Crippen LogP contribution in [0, 0.1) is 5.92 Å². The third-order valence-electron chi connectivity index (χ3n) is 4.65. The Balaban J connectivity index is 1.40. The molecule has 0 spiro atoms. The Bertz CT molecular complexity index is 408. The van der Waals surface area contributed by atoms with Crippen molar-refractivity contribution in [3.05, 3.63) is 34.9 Å². The van der Waals surface area contributed by atoms with Crippen molar-refractivity contribution in [3.63, 3.8) is 0 Å². The monoisotopic (exact) mass is 258 g/mol. The van der Waals surface area contributed by atoms with Gasteiger partial charge in [0, 0.05) is 0 Å². The number of hydrogen-bond donors (Lipinski definition) is 2. The minimum Gasteiger partial charge on any atom is -0.317 e. The van der Waals surface area contributed by atoms with Crippen LogP contribution >= 0.6 is 0 Å². The number of benzene rings is 1. The Labute approximate surface area is 117 Å². The van der Waals surface area contributed by atoms with E-state index in [0.29, 0.717) is 0 Å². The number of aryl methyl sites for hydroxylation is 2. The summed E-state index contributed by atoms with van der Waals surface area (Å²) in [6.45, 7) is 4.74. The van der Waals surface area contributed by atoms with E-state index in [1.165, 1.54) is 63.7 Å². The van der Waals surface area contributed by atoms with Gasteiger partial charge in [0.25, 0.3) is 0 Å². The van der Waals surface area contributed by atoms with E-state index in [9.17, 15) is 0 Å². The third-order valence-corrected chi connectivity index (χ3v) is 4.65. The molecule has 0 radical (unpaired) electrons. The number of nitrogens with one attached hydrogen (secondary N) is 2. The third kappa shape index (κ3) is 3.58. The maximum absolute atomic E-state index is 3.64. The van der Waals surface area contributed by atoms with Crippen molar-refractivity contribution in [2.24, 2.45) is 5.92 Å². The Morgan fingerprint density at radius 3 is 2.84 bits per heavy atom. The molecular weight excluding hydrogens is 232 g/mol. The van der Waals surface area contributed by atoms with Crippen LogP contribution in [0.15, 0.2) is 18.2 Å². The summed E-state index contributed by atoms with van der Waals surface area (Å²) in [6, 6.07) is 7.12. The van der Waals surface area contributed by atoms with Gasteiger partial charge in [-0.1, -0.05) is 18.2 Å². The van der Waals surface area contributed by atoms with Gasteiger partial charge in [0.1, 0.15) is 0 Å². The number of fused-ring (bicyclic) bond motifs is 1. The molecule has 0 atom stereocenters. The molecule has 1 saturated heterocycles. The van der Waals surface area contributed by atoms with Gasteiger partial charge in [0.2, 0.25) is 0 Å². The van der Waals surface area contributed by atoms with Crippen LogP contribution in [-0.4, -0.2) is 26.2 Å². The number of rotatable bonds is 5. The van der Waals surface area contributed by atoms with E-state index in [2.05, 4.69) is 28.8 Å². The first-order chi connectivity index (χ1) is 9.42. The van der Waals surface area contributed by atoms with Crippen LogP contribution < -0.4 is 10.6 Å². The van der Waals surface area contributed by atoms with E-state index in [1.54, 1.807) is 11.1 Å². The summed E-state index contributed by atoms with van der Waals surface area (Å²) < 4.78 is 0. The van der Waals surface area contributed by atoms with Crippen molar-refractivity contribution < 1.29 is 0 Å². The quantitative estimate of drug-likeness (QED) is 0.792. The van der Waals surface area contributed by atoms with Crippen LogP contribution in [0.4, 0.5) is 0 Å². The highest BCUT2D eigenvalue weighted by molar-refractivity contribution is 5.35. The van der Waals surface area contributed by atoms with Crippen LogP contribution in [0.25, 0.3) is 0 Å².